The van der Waals surface area contributed by atoms with Gasteiger partial charge in [0.25, 0.3) is 5.91 Å². The van der Waals surface area contributed by atoms with Gasteiger partial charge in [0.15, 0.2) is 0 Å². The maximum Gasteiger partial charge on any atom is 0.251 e. The monoisotopic (exact) mass is 265 g/mol. The van der Waals surface area contributed by atoms with Crippen LogP contribution in [0.5, 0.6) is 0 Å². The summed E-state index contributed by atoms with van der Waals surface area (Å²) in [5.41, 5.74) is 0.685. The second kappa shape index (κ2) is 5.75. The number of carbonyl (C=O) groups is 1. The summed E-state index contributed by atoms with van der Waals surface area (Å²) in [5.74, 6) is 1.25. The van der Waals surface area contributed by atoms with Crippen LogP contribution in [-0.4, -0.2) is 11.9 Å². The Labute approximate surface area is 114 Å². The molecule has 0 spiro atoms. The smallest absolute Gasteiger partial charge is 0.251 e. The average Bonchev–Trinajstić information content (AvgIpc) is 2.36. The van der Waals surface area contributed by atoms with Crippen LogP contribution < -0.4 is 5.32 Å². The first-order valence-electron chi connectivity index (χ1n) is 6.64. The summed E-state index contributed by atoms with van der Waals surface area (Å²) >= 11 is 5.82. The lowest BCUT2D eigenvalue weighted by atomic mass is 9.78. The number of hydrogen-bond acceptors (Lipinski definition) is 1. The molecule has 1 aromatic rings. The van der Waals surface area contributed by atoms with E-state index in [0.717, 1.165) is 6.42 Å². The van der Waals surface area contributed by atoms with Crippen molar-refractivity contribution in [3.63, 3.8) is 0 Å². The normalized spacial score (nSPS) is 27.8. The third-order valence-corrected chi connectivity index (χ3v) is 4.38. The van der Waals surface area contributed by atoms with Crippen molar-refractivity contribution >= 4 is 17.5 Å². The number of nitrogens with one attached hydrogen (secondary N) is 1. The SMILES string of the molecule is C[C@H]1[C@H](C)CCC[C@H]1NC(=O)c1ccc(Cl)cc1. The van der Waals surface area contributed by atoms with Crippen molar-refractivity contribution in [2.24, 2.45) is 11.8 Å². The minimum absolute atomic E-state index is 0.0117. The van der Waals surface area contributed by atoms with Crippen molar-refractivity contribution in [1.82, 2.24) is 5.32 Å². The van der Waals surface area contributed by atoms with Crippen molar-refractivity contribution in [2.45, 2.75) is 39.2 Å². The molecular weight excluding hydrogens is 246 g/mol. The maximum absolute atomic E-state index is 12.1. The molecule has 3 heteroatoms. The highest BCUT2D eigenvalue weighted by Gasteiger charge is 2.28. The van der Waals surface area contributed by atoms with E-state index >= 15 is 0 Å². The van der Waals surface area contributed by atoms with Gasteiger partial charge in [0.1, 0.15) is 0 Å². The highest BCUT2D eigenvalue weighted by atomic mass is 35.5. The van der Waals surface area contributed by atoms with Gasteiger partial charge in [-0.15, -0.1) is 0 Å². The number of amides is 1. The zero-order valence-corrected chi connectivity index (χ0v) is 11.7. The van der Waals surface area contributed by atoms with Crippen molar-refractivity contribution in [2.75, 3.05) is 0 Å². The zero-order valence-electron chi connectivity index (χ0n) is 10.9. The molecule has 1 amide bonds. The maximum atomic E-state index is 12.1. The van der Waals surface area contributed by atoms with Crippen molar-refractivity contribution in [1.29, 1.82) is 0 Å². The van der Waals surface area contributed by atoms with Crippen molar-refractivity contribution in [3.05, 3.63) is 34.9 Å². The standard InChI is InChI=1S/C15H20ClNO/c1-10-4-3-5-14(11(10)2)17-15(18)12-6-8-13(16)9-7-12/h6-11,14H,3-5H2,1-2H3,(H,17,18)/t10-,11+,14-/m1/s1. The van der Waals surface area contributed by atoms with Gasteiger partial charge in [-0.2, -0.15) is 0 Å². The van der Waals surface area contributed by atoms with Gasteiger partial charge in [-0.05, 0) is 42.5 Å². The van der Waals surface area contributed by atoms with Gasteiger partial charge in [0.2, 0.25) is 0 Å². The van der Waals surface area contributed by atoms with Crippen LogP contribution in [0.2, 0.25) is 5.02 Å². The molecule has 2 nitrogen and oxygen atoms in total. The van der Waals surface area contributed by atoms with Crippen LogP contribution in [0.25, 0.3) is 0 Å². The van der Waals surface area contributed by atoms with Crippen LogP contribution in [0.3, 0.4) is 0 Å². The summed E-state index contributed by atoms with van der Waals surface area (Å²) in [4.78, 5) is 12.1. The van der Waals surface area contributed by atoms with E-state index < -0.39 is 0 Å². The van der Waals surface area contributed by atoms with Crippen LogP contribution in [0.1, 0.15) is 43.5 Å². The van der Waals surface area contributed by atoms with E-state index in [9.17, 15) is 4.79 Å². The molecule has 1 fully saturated rings. The molecule has 0 unspecified atom stereocenters. The number of benzene rings is 1. The first-order valence-corrected chi connectivity index (χ1v) is 7.02. The third-order valence-electron chi connectivity index (χ3n) is 4.13. The lowest BCUT2D eigenvalue weighted by molar-refractivity contribution is 0.0891. The van der Waals surface area contributed by atoms with Gasteiger partial charge in [0.05, 0.1) is 0 Å². The number of halogens is 1. The van der Waals surface area contributed by atoms with Gasteiger partial charge in [0, 0.05) is 16.6 Å². The first-order chi connectivity index (χ1) is 8.58. The van der Waals surface area contributed by atoms with E-state index in [-0.39, 0.29) is 5.91 Å². The van der Waals surface area contributed by atoms with Crippen molar-refractivity contribution in [3.8, 4) is 0 Å². The molecule has 18 heavy (non-hydrogen) atoms. The molecule has 98 valence electrons. The second-order valence-corrected chi connectivity index (χ2v) is 5.79. The Kier molecular flexibility index (Phi) is 4.28. The lowest BCUT2D eigenvalue weighted by Gasteiger charge is -2.34. The Hall–Kier alpha value is -1.02. The van der Waals surface area contributed by atoms with Crippen LogP contribution in [0.4, 0.5) is 0 Å². The molecule has 0 aliphatic heterocycles. The number of hydrogen-bond donors (Lipinski definition) is 1. The van der Waals surface area contributed by atoms with Gasteiger partial charge in [-0.25, -0.2) is 0 Å². The quantitative estimate of drug-likeness (QED) is 0.863. The number of carbonyl (C=O) groups excluding carboxylic acids is 1. The largest absolute Gasteiger partial charge is 0.349 e. The van der Waals surface area contributed by atoms with Crippen LogP contribution >= 0.6 is 11.6 Å². The van der Waals surface area contributed by atoms with Gasteiger partial charge < -0.3 is 5.32 Å². The fourth-order valence-electron chi connectivity index (χ4n) is 2.64. The van der Waals surface area contributed by atoms with E-state index in [4.69, 9.17) is 11.6 Å². The van der Waals surface area contributed by atoms with Gasteiger partial charge >= 0.3 is 0 Å². The Balaban J connectivity index is 2.00. The topological polar surface area (TPSA) is 29.1 Å². The summed E-state index contributed by atoms with van der Waals surface area (Å²) in [7, 11) is 0. The Morgan fingerprint density at radius 3 is 2.56 bits per heavy atom. The van der Waals surface area contributed by atoms with Crippen LogP contribution in [0.15, 0.2) is 24.3 Å². The van der Waals surface area contributed by atoms with E-state index in [2.05, 4.69) is 19.2 Å². The molecule has 0 bridgehead atoms. The summed E-state index contributed by atoms with van der Waals surface area (Å²) < 4.78 is 0. The summed E-state index contributed by atoms with van der Waals surface area (Å²) in [6, 6.07) is 7.35. The molecule has 1 aromatic carbocycles. The van der Waals surface area contributed by atoms with E-state index in [1.807, 2.05) is 0 Å². The Bertz CT molecular complexity index is 415. The third kappa shape index (κ3) is 3.05. The minimum Gasteiger partial charge on any atom is -0.349 e. The molecule has 3 atom stereocenters. The van der Waals surface area contributed by atoms with E-state index in [1.165, 1.54) is 12.8 Å². The summed E-state index contributed by atoms with van der Waals surface area (Å²) in [6.45, 7) is 4.50. The van der Waals surface area contributed by atoms with Gasteiger partial charge in [-0.1, -0.05) is 38.3 Å². The molecule has 0 aromatic heterocycles. The molecule has 1 aliphatic rings. The fourth-order valence-corrected chi connectivity index (χ4v) is 2.76. The zero-order chi connectivity index (χ0) is 13.1. The molecular formula is C15H20ClNO. The predicted molar refractivity (Wildman–Crippen MR) is 74.9 cm³/mol. The molecule has 1 N–H and O–H groups in total. The molecule has 0 heterocycles. The second-order valence-electron chi connectivity index (χ2n) is 5.35. The summed E-state index contributed by atoms with van der Waals surface area (Å²) in [5, 5.41) is 3.81. The molecule has 1 saturated carbocycles. The Morgan fingerprint density at radius 1 is 1.22 bits per heavy atom. The molecule has 0 radical (unpaired) electrons. The van der Waals surface area contributed by atoms with Gasteiger partial charge in [-0.3, -0.25) is 4.79 Å². The Morgan fingerprint density at radius 2 is 1.89 bits per heavy atom. The highest BCUT2D eigenvalue weighted by Crippen LogP contribution is 2.29. The van der Waals surface area contributed by atoms with Crippen LogP contribution in [0, 0.1) is 11.8 Å². The van der Waals surface area contributed by atoms with E-state index in [0.29, 0.717) is 28.5 Å². The molecule has 0 saturated heterocycles. The molecule has 2 rings (SSSR count). The fraction of sp³-hybridized carbons (Fsp3) is 0.533. The molecule has 1 aliphatic carbocycles. The van der Waals surface area contributed by atoms with Crippen molar-refractivity contribution < 1.29 is 4.79 Å². The average molecular weight is 266 g/mol. The number of rotatable bonds is 2. The highest BCUT2D eigenvalue weighted by molar-refractivity contribution is 6.30. The predicted octanol–water partition coefficient (Wildman–Crippen LogP) is 3.89. The lowest BCUT2D eigenvalue weighted by Crippen LogP contribution is -2.43. The summed E-state index contributed by atoms with van der Waals surface area (Å²) in [6.07, 6.45) is 3.57. The van der Waals surface area contributed by atoms with Crippen LogP contribution in [-0.2, 0) is 0 Å². The van der Waals surface area contributed by atoms with E-state index in [1.54, 1.807) is 24.3 Å². The first kappa shape index (κ1) is 13.4. The minimum atomic E-state index is 0.0117.